The van der Waals surface area contributed by atoms with Gasteiger partial charge in [0.25, 0.3) is 0 Å². The summed E-state index contributed by atoms with van der Waals surface area (Å²) in [6.07, 6.45) is 9.73. The number of aryl methyl sites for hydroxylation is 2. The monoisotopic (exact) mass is 312 g/mol. The topological polar surface area (TPSA) is 69.3 Å². The van der Waals surface area contributed by atoms with Crippen LogP contribution in [0.4, 0.5) is 0 Å². The third-order valence-electron chi connectivity index (χ3n) is 4.43. The first-order chi connectivity index (χ1) is 11.1. The average Bonchev–Trinajstić information content (AvgIpc) is 3.09. The molecule has 0 radical (unpaired) electrons. The van der Waals surface area contributed by atoms with Crippen molar-refractivity contribution < 1.29 is 4.74 Å². The van der Waals surface area contributed by atoms with E-state index >= 15 is 0 Å². The van der Waals surface area contributed by atoms with Crippen molar-refractivity contribution >= 4 is 5.52 Å². The quantitative estimate of drug-likeness (QED) is 0.792. The minimum atomic E-state index is 0.210. The predicted molar refractivity (Wildman–Crippen MR) is 86.4 cm³/mol. The van der Waals surface area contributed by atoms with Crippen LogP contribution in [0, 0.1) is 6.92 Å². The van der Waals surface area contributed by atoms with Gasteiger partial charge in [-0.15, -0.1) is 0 Å². The molecule has 120 valence electrons. The molecule has 0 bridgehead atoms. The SMILES string of the molecule is CN[C@H]1C[C@H](Oc2nc(-c3cnn(C)c3)cn3ncc(C)c23)C1. The summed E-state index contributed by atoms with van der Waals surface area (Å²) in [7, 11) is 3.88. The molecule has 3 aromatic heterocycles. The van der Waals surface area contributed by atoms with Gasteiger partial charge < -0.3 is 10.1 Å². The van der Waals surface area contributed by atoms with Crippen molar-refractivity contribution in [1.82, 2.24) is 29.7 Å². The lowest BCUT2D eigenvalue weighted by atomic mass is 9.89. The van der Waals surface area contributed by atoms with Crippen molar-refractivity contribution in [3.05, 3.63) is 30.4 Å². The summed E-state index contributed by atoms with van der Waals surface area (Å²) in [4.78, 5) is 4.73. The maximum Gasteiger partial charge on any atom is 0.241 e. The van der Waals surface area contributed by atoms with Crippen molar-refractivity contribution in [1.29, 1.82) is 0 Å². The van der Waals surface area contributed by atoms with Crippen LogP contribution in [-0.4, -0.2) is 43.6 Å². The van der Waals surface area contributed by atoms with Gasteiger partial charge in [-0.2, -0.15) is 10.2 Å². The second kappa shape index (κ2) is 5.34. The number of rotatable bonds is 4. The summed E-state index contributed by atoms with van der Waals surface area (Å²) in [5, 5.41) is 11.9. The molecule has 0 aromatic carbocycles. The Morgan fingerprint density at radius 1 is 1.22 bits per heavy atom. The molecule has 0 amide bonds. The van der Waals surface area contributed by atoms with Gasteiger partial charge >= 0.3 is 0 Å². The van der Waals surface area contributed by atoms with E-state index in [1.54, 1.807) is 10.9 Å². The molecule has 1 N–H and O–H groups in total. The molecule has 3 heterocycles. The zero-order valence-corrected chi connectivity index (χ0v) is 13.5. The fourth-order valence-corrected chi connectivity index (χ4v) is 2.95. The van der Waals surface area contributed by atoms with Gasteiger partial charge in [0.05, 0.1) is 24.3 Å². The van der Waals surface area contributed by atoms with Crippen LogP contribution in [0.3, 0.4) is 0 Å². The summed E-state index contributed by atoms with van der Waals surface area (Å²) in [5.74, 6) is 0.654. The second-order valence-electron chi connectivity index (χ2n) is 6.15. The van der Waals surface area contributed by atoms with Crippen LogP contribution in [0.2, 0.25) is 0 Å². The molecule has 7 heteroatoms. The number of ether oxygens (including phenoxy) is 1. The Hall–Kier alpha value is -2.41. The van der Waals surface area contributed by atoms with Crippen molar-refractivity contribution in [3.63, 3.8) is 0 Å². The van der Waals surface area contributed by atoms with E-state index in [2.05, 4.69) is 15.5 Å². The van der Waals surface area contributed by atoms with Crippen molar-refractivity contribution in [2.24, 2.45) is 7.05 Å². The van der Waals surface area contributed by atoms with E-state index in [-0.39, 0.29) is 6.10 Å². The summed E-state index contributed by atoms with van der Waals surface area (Å²) in [6, 6.07) is 0.545. The molecule has 1 saturated carbocycles. The molecular weight excluding hydrogens is 292 g/mol. The second-order valence-corrected chi connectivity index (χ2v) is 6.15. The van der Waals surface area contributed by atoms with Crippen LogP contribution in [-0.2, 0) is 7.05 Å². The fourth-order valence-electron chi connectivity index (χ4n) is 2.95. The van der Waals surface area contributed by atoms with Crippen LogP contribution in [0.5, 0.6) is 5.88 Å². The zero-order valence-electron chi connectivity index (χ0n) is 13.5. The Morgan fingerprint density at radius 3 is 2.74 bits per heavy atom. The van der Waals surface area contributed by atoms with Gasteiger partial charge in [-0.3, -0.25) is 4.68 Å². The van der Waals surface area contributed by atoms with Gasteiger partial charge in [-0.25, -0.2) is 9.50 Å². The van der Waals surface area contributed by atoms with E-state index in [4.69, 9.17) is 9.72 Å². The first kappa shape index (κ1) is 14.2. The van der Waals surface area contributed by atoms with Gasteiger partial charge in [0.15, 0.2) is 0 Å². The highest BCUT2D eigenvalue weighted by Gasteiger charge is 2.30. The molecule has 7 nitrogen and oxygen atoms in total. The van der Waals surface area contributed by atoms with Crippen molar-refractivity contribution in [2.75, 3.05) is 7.05 Å². The minimum absolute atomic E-state index is 0.210. The molecule has 1 aliphatic rings. The standard InChI is InChI=1S/C16H20N6O/c1-10-6-19-22-9-14(11-7-18-21(3)8-11)20-16(15(10)22)23-13-4-12(5-13)17-2/h6-9,12-13,17H,4-5H2,1-3H3/t12-,13-. The van der Waals surface area contributed by atoms with E-state index in [1.807, 2.05) is 44.1 Å². The molecule has 0 saturated heterocycles. The molecule has 1 aliphatic carbocycles. The number of aromatic nitrogens is 5. The van der Waals surface area contributed by atoms with Gasteiger partial charge in [-0.05, 0) is 26.8 Å². The van der Waals surface area contributed by atoms with Gasteiger partial charge in [0.1, 0.15) is 11.6 Å². The summed E-state index contributed by atoms with van der Waals surface area (Å²) >= 11 is 0. The van der Waals surface area contributed by atoms with E-state index in [0.29, 0.717) is 11.9 Å². The molecule has 4 rings (SSSR count). The number of nitrogens with one attached hydrogen (secondary N) is 1. The van der Waals surface area contributed by atoms with Gasteiger partial charge in [0, 0.05) is 30.4 Å². The molecule has 3 aromatic rings. The van der Waals surface area contributed by atoms with Gasteiger partial charge in [0.2, 0.25) is 5.88 Å². The molecule has 0 spiro atoms. The van der Waals surface area contributed by atoms with Crippen LogP contribution in [0.25, 0.3) is 16.8 Å². The van der Waals surface area contributed by atoms with Crippen molar-refractivity contribution in [3.8, 4) is 17.1 Å². The van der Waals surface area contributed by atoms with Crippen molar-refractivity contribution in [2.45, 2.75) is 31.9 Å². The van der Waals surface area contributed by atoms with E-state index in [0.717, 1.165) is 35.2 Å². The van der Waals surface area contributed by atoms with E-state index < -0.39 is 0 Å². The maximum absolute atomic E-state index is 6.16. The Labute approximate surface area is 134 Å². The maximum atomic E-state index is 6.16. The normalized spacial score (nSPS) is 20.7. The highest BCUT2D eigenvalue weighted by atomic mass is 16.5. The minimum Gasteiger partial charge on any atom is -0.473 e. The smallest absolute Gasteiger partial charge is 0.241 e. The molecular formula is C16H20N6O. The number of hydrogen-bond donors (Lipinski definition) is 1. The lowest BCUT2D eigenvalue weighted by molar-refractivity contribution is 0.0852. The predicted octanol–water partition coefficient (Wildman–Crippen LogP) is 1.57. The lowest BCUT2D eigenvalue weighted by Crippen LogP contribution is -2.45. The zero-order chi connectivity index (χ0) is 16.0. The molecule has 0 aliphatic heterocycles. The number of hydrogen-bond acceptors (Lipinski definition) is 5. The summed E-state index contributed by atoms with van der Waals surface area (Å²) < 4.78 is 9.77. The Bertz CT molecular complexity index is 845. The first-order valence-corrected chi connectivity index (χ1v) is 7.82. The Balaban J connectivity index is 1.73. The Morgan fingerprint density at radius 2 is 2.04 bits per heavy atom. The van der Waals surface area contributed by atoms with Crippen LogP contribution in [0.1, 0.15) is 18.4 Å². The van der Waals surface area contributed by atoms with Crippen LogP contribution < -0.4 is 10.1 Å². The highest BCUT2D eigenvalue weighted by molar-refractivity contribution is 5.66. The third-order valence-corrected chi connectivity index (χ3v) is 4.43. The summed E-state index contributed by atoms with van der Waals surface area (Å²) in [5.41, 5.74) is 3.77. The summed E-state index contributed by atoms with van der Waals surface area (Å²) in [6.45, 7) is 2.03. The first-order valence-electron chi connectivity index (χ1n) is 7.82. The Kier molecular flexibility index (Phi) is 3.30. The highest BCUT2D eigenvalue weighted by Crippen LogP contribution is 2.30. The van der Waals surface area contributed by atoms with E-state index in [1.165, 1.54) is 0 Å². The largest absolute Gasteiger partial charge is 0.473 e. The number of fused-ring (bicyclic) bond motifs is 1. The molecule has 23 heavy (non-hydrogen) atoms. The average molecular weight is 312 g/mol. The van der Waals surface area contributed by atoms with Gasteiger partial charge in [-0.1, -0.05) is 0 Å². The molecule has 0 atom stereocenters. The molecule has 0 unspecified atom stereocenters. The van der Waals surface area contributed by atoms with Crippen LogP contribution in [0.15, 0.2) is 24.8 Å². The molecule has 1 fully saturated rings. The van der Waals surface area contributed by atoms with E-state index in [9.17, 15) is 0 Å². The lowest BCUT2D eigenvalue weighted by Gasteiger charge is -2.34. The third kappa shape index (κ3) is 2.46. The fraction of sp³-hybridized carbons (Fsp3) is 0.438. The van der Waals surface area contributed by atoms with Crippen LogP contribution >= 0.6 is 0 Å². The number of nitrogens with zero attached hydrogens (tertiary/aromatic N) is 5.